The Kier molecular flexibility index (Phi) is 4.80. The molecule has 0 aliphatic rings. The smallest absolute Gasteiger partial charge is 0.319 e. The van der Waals surface area contributed by atoms with Crippen LogP contribution in [0.15, 0.2) is 49.2 Å². The van der Waals surface area contributed by atoms with Gasteiger partial charge in [-0.2, -0.15) is 23.4 Å². The molecule has 156 valence electrons. The number of carbonyl (C=O) groups is 1. The Labute approximate surface area is 168 Å². The van der Waals surface area contributed by atoms with Crippen LogP contribution in [-0.4, -0.2) is 34.9 Å². The number of nitrogens with zero attached hydrogens (tertiary/aromatic N) is 6. The summed E-state index contributed by atoms with van der Waals surface area (Å²) in [6.45, 7) is 3.47. The van der Waals surface area contributed by atoms with E-state index in [0.29, 0.717) is 6.54 Å². The molecule has 0 fully saturated rings. The first kappa shape index (κ1) is 19.7. The van der Waals surface area contributed by atoms with Crippen molar-refractivity contribution in [3.8, 4) is 0 Å². The van der Waals surface area contributed by atoms with Gasteiger partial charge < -0.3 is 9.72 Å². The van der Waals surface area contributed by atoms with E-state index in [1.807, 2.05) is 35.0 Å². The quantitative estimate of drug-likeness (QED) is 0.538. The molecule has 0 unspecified atom stereocenters. The molecule has 30 heavy (non-hydrogen) atoms. The minimum atomic E-state index is -4.71. The highest BCUT2D eigenvalue weighted by molar-refractivity contribution is 6.04. The first-order valence-corrected chi connectivity index (χ1v) is 9.13. The molecule has 4 aromatic heterocycles. The minimum absolute atomic E-state index is 0.272. The van der Waals surface area contributed by atoms with Gasteiger partial charge in [-0.25, -0.2) is 4.98 Å². The number of rotatable bonds is 5. The van der Waals surface area contributed by atoms with Crippen molar-refractivity contribution in [3.05, 3.63) is 66.1 Å². The van der Waals surface area contributed by atoms with Crippen molar-refractivity contribution in [2.75, 3.05) is 5.32 Å². The van der Waals surface area contributed by atoms with Crippen LogP contribution in [0.4, 0.5) is 18.9 Å². The van der Waals surface area contributed by atoms with E-state index in [1.54, 1.807) is 18.5 Å². The van der Waals surface area contributed by atoms with Crippen LogP contribution in [0.25, 0.3) is 5.65 Å². The minimum Gasteiger partial charge on any atom is -0.319 e. The standard InChI is InChI=1S/C19H18F3N7O/c1-12(2)29-17(19(20,21)22)15(8-24-29)18(30)26-13-7-23-28(10-13)11-14-9-27-6-4-3-5-16(27)25-14/h3-10,12H,11H2,1-2H3,(H,26,30). The van der Waals surface area contributed by atoms with Gasteiger partial charge in [0.05, 0.1) is 35.9 Å². The van der Waals surface area contributed by atoms with E-state index >= 15 is 0 Å². The highest BCUT2D eigenvalue weighted by Crippen LogP contribution is 2.33. The maximum atomic E-state index is 13.5. The number of hydrogen-bond donors (Lipinski definition) is 1. The van der Waals surface area contributed by atoms with Crippen LogP contribution < -0.4 is 5.32 Å². The lowest BCUT2D eigenvalue weighted by atomic mass is 10.2. The number of fused-ring (bicyclic) bond motifs is 1. The van der Waals surface area contributed by atoms with Gasteiger partial charge in [0, 0.05) is 24.6 Å². The van der Waals surface area contributed by atoms with Crippen LogP contribution in [0.5, 0.6) is 0 Å². The zero-order valence-electron chi connectivity index (χ0n) is 16.1. The lowest BCUT2D eigenvalue weighted by Gasteiger charge is -2.14. The van der Waals surface area contributed by atoms with Crippen LogP contribution in [-0.2, 0) is 12.7 Å². The molecule has 1 N–H and O–H groups in total. The molecule has 0 atom stereocenters. The summed E-state index contributed by atoms with van der Waals surface area (Å²) in [5.74, 6) is -0.901. The Morgan fingerprint density at radius 3 is 2.67 bits per heavy atom. The molecule has 0 aliphatic carbocycles. The molecule has 11 heteroatoms. The summed E-state index contributed by atoms with van der Waals surface area (Å²) < 4.78 is 44.6. The molecule has 4 aromatic rings. The summed E-state index contributed by atoms with van der Waals surface area (Å²) in [5.41, 5.74) is 0.195. The largest absolute Gasteiger partial charge is 0.433 e. The summed E-state index contributed by atoms with van der Waals surface area (Å²) in [6, 6.07) is 5.09. The average Bonchev–Trinajstić information content (AvgIpc) is 3.38. The van der Waals surface area contributed by atoms with Crippen molar-refractivity contribution >= 4 is 17.2 Å². The molecule has 4 heterocycles. The summed E-state index contributed by atoms with van der Waals surface area (Å²) in [7, 11) is 0. The molecule has 0 saturated heterocycles. The van der Waals surface area contributed by atoms with E-state index in [1.165, 1.54) is 12.4 Å². The first-order chi connectivity index (χ1) is 14.2. The number of anilines is 1. The monoisotopic (exact) mass is 417 g/mol. The van der Waals surface area contributed by atoms with Gasteiger partial charge in [0.1, 0.15) is 5.65 Å². The number of carbonyl (C=O) groups excluding carboxylic acids is 1. The number of imidazole rings is 1. The highest BCUT2D eigenvalue weighted by atomic mass is 19.4. The molecule has 0 saturated carbocycles. The Morgan fingerprint density at radius 2 is 1.97 bits per heavy atom. The van der Waals surface area contributed by atoms with Crippen molar-refractivity contribution in [3.63, 3.8) is 0 Å². The van der Waals surface area contributed by atoms with Crippen molar-refractivity contribution in [1.29, 1.82) is 0 Å². The maximum absolute atomic E-state index is 13.5. The van der Waals surface area contributed by atoms with E-state index in [9.17, 15) is 18.0 Å². The average molecular weight is 417 g/mol. The van der Waals surface area contributed by atoms with Crippen LogP contribution in [0.3, 0.4) is 0 Å². The lowest BCUT2D eigenvalue weighted by molar-refractivity contribution is -0.145. The summed E-state index contributed by atoms with van der Waals surface area (Å²) in [4.78, 5) is 16.9. The Bertz CT molecular complexity index is 1170. The molecule has 4 rings (SSSR count). The number of alkyl halides is 3. The third-order valence-electron chi connectivity index (χ3n) is 4.43. The van der Waals surface area contributed by atoms with Gasteiger partial charge in [0.15, 0.2) is 5.69 Å². The second-order valence-electron chi connectivity index (χ2n) is 7.02. The second-order valence-corrected chi connectivity index (χ2v) is 7.02. The lowest BCUT2D eigenvalue weighted by Crippen LogP contribution is -2.22. The maximum Gasteiger partial charge on any atom is 0.433 e. The van der Waals surface area contributed by atoms with Crippen LogP contribution in [0, 0.1) is 0 Å². The molecule has 0 aromatic carbocycles. The van der Waals surface area contributed by atoms with Crippen molar-refractivity contribution in [1.82, 2.24) is 28.9 Å². The topological polar surface area (TPSA) is 82.0 Å². The second kappa shape index (κ2) is 7.32. The molecular weight excluding hydrogens is 399 g/mol. The van der Waals surface area contributed by atoms with E-state index < -0.39 is 29.4 Å². The fraction of sp³-hybridized carbons (Fsp3) is 0.263. The van der Waals surface area contributed by atoms with E-state index in [2.05, 4.69) is 20.5 Å². The highest BCUT2D eigenvalue weighted by Gasteiger charge is 2.40. The summed E-state index contributed by atoms with van der Waals surface area (Å²) in [6.07, 6.45) is 2.84. The van der Waals surface area contributed by atoms with Gasteiger partial charge in [0.2, 0.25) is 0 Å². The number of nitrogens with one attached hydrogen (secondary N) is 1. The Balaban J connectivity index is 1.52. The molecular formula is C19H18F3N7O. The number of hydrogen-bond acceptors (Lipinski definition) is 4. The summed E-state index contributed by atoms with van der Waals surface area (Å²) >= 11 is 0. The molecule has 0 spiro atoms. The molecule has 1 amide bonds. The van der Waals surface area contributed by atoms with E-state index in [0.717, 1.165) is 22.2 Å². The van der Waals surface area contributed by atoms with Gasteiger partial charge in [-0.15, -0.1) is 0 Å². The number of halogens is 3. The number of pyridine rings is 1. The number of aromatic nitrogens is 6. The fourth-order valence-electron chi connectivity index (χ4n) is 3.14. The van der Waals surface area contributed by atoms with Crippen LogP contribution in [0.1, 0.15) is 41.6 Å². The summed E-state index contributed by atoms with van der Waals surface area (Å²) in [5, 5.41) is 10.3. The van der Waals surface area contributed by atoms with Crippen LogP contribution >= 0.6 is 0 Å². The zero-order valence-corrected chi connectivity index (χ0v) is 16.1. The third-order valence-corrected chi connectivity index (χ3v) is 4.43. The van der Waals surface area contributed by atoms with Gasteiger partial charge in [-0.1, -0.05) is 6.07 Å². The van der Waals surface area contributed by atoms with Crippen molar-refractivity contribution in [2.45, 2.75) is 32.6 Å². The van der Waals surface area contributed by atoms with Gasteiger partial charge in [-0.3, -0.25) is 14.2 Å². The first-order valence-electron chi connectivity index (χ1n) is 9.13. The Hall–Kier alpha value is -3.63. The van der Waals surface area contributed by atoms with Gasteiger partial charge in [0.25, 0.3) is 5.91 Å². The third kappa shape index (κ3) is 3.78. The van der Waals surface area contributed by atoms with Crippen molar-refractivity contribution in [2.24, 2.45) is 0 Å². The van der Waals surface area contributed by atoms with Crippen LogP contribution in [0.2, 0.25) is 0 Å². The SMILES string of the molecule is CC(C)n1ncc(C(=O)Nc2cnn(Cc3cn4ccccc4n3)c2)c1C(F)(F)F. The fourth-order valence-corrected chi connectivity index (χ4v) is 3.14. The Morgan fingerprint density at radius 1 is 1.17 bits per heavy atom. The van der Waals surface area contributed by atoms with Crippen molar-refractivity contribution < 1.29 is 18.0 Å². The predicted molar refractivity (Wildman–Crippen MR) is 102 cm³/mol. The number of amides is 1. The van der Waals surface area contributed by atoms with E-state index in [4.69, 9.17) is 0 Å². The normalized spacial score (nSPS) is 12.1. The zero-order chi connectivity index (χ0) is 21.5. The van der Waals surface area contributed by atoms with E-state index in [-0.39, 0.29) is 5.69 Å². The predicted octanol–water partition coefficient (Wildman–Crippen LogP) is 3.63. The molecule has 0 bridgehead atoms. The molecule has 0 radical (unpaired) electrons. The van der Waals surface area contributed by atoms with Gasteiger partial charge >= 0.3 is 6.18 Å². The molecule has 8 nitrogen and oxygen atoms in total. The van der Waals surface area contributed by atoms with Gasteiger partial charge in [-0.05, 0) is 26.0 Å². The molecule has 0 aliphatic heterocycles.